The van der Waals surface area contributed by atoms with Crippen LogP contribution in [0.5, 0.6) is 11.5 Å². The highest BCUT2D eigenvalue weighted by molar-refractivity contribution is 5.93. The molecule has 0 radical (unpaired) electrons. The summed E-state index contributed by atoms with van der Waals surface area (Å²) >= 11 is 0. The van der Waals surface area contributed by atoms with Crippen molar-refractivity contribution in [2.45, 2.75) is 72.0 Å². The van der Waals surface area contributed by atoms with E-state index in [1.54, 1.807) is 62.4 Å². The molecule has 0 fully saturated rings. The van der Waals surface area contributed by atoms with Crippen molar-refractivity contribution >= 4 is 46.4 Å². The molecule has 0 saturated heterocycles. The van der Waals surface area contributed by atoms with Crippen molar-refractivity contribution in [3.63, 3.8) is 0 Å². The fourth-order valence-electron chi connectivity index (χ4n) is 5.68. The van der Waals surface area contributed by atoms with Crippen LogP contribution in [0.2, 0.25) is 0 Å². The zero-order valence-corrected chi connectivity index (χ0v) is 30.5. The summed E-state index contributed by atoms with van der Waals surface area (Å²) in [4.78, 5) is 75.5. The van der Waals surface area contributed by atoms with Gasteiger partial charge in [0.25, 0.3) is 0 Å². The van der Waals surface area contributed by atoms with E-state index < -0.39 is 47.8 Å². The Morgan fingerprint density at radius 3 is 1.68 bits per heavy atom. The first-order chi connectivity index (χ1) is 25.2. The van der Waals surface area contributed by atoms with Crippen molar-refractivity contribution in [1.82, 2.24) is 16.0 Å². The van der Waals surface area contributed by atoms with E-state index in [0.29, 0.717) is 17.1 Å². The molecule has 0 bridgehead atoms. The summed E-state index contributed by atoms with van der Waals surface area (Å²) < 4.78 is 15.5. The lowest BCUT2D eigenvalue weighted by Crippen LogP contribution is -2.57. The standard InChI is InChI=1S/C41H45N3O9/c1-25(2)39(41(50)42-34(24-51-26(3)45)21-29-11-16-35(17-12-29)52-27(4)46)44-40(49)37(22-30-13-18-36(19-14-30)53-28(5)47)43-38(48)23-31-10-15-32-8-6-7-9-33(32)20-31/h6-20,25,34,37,39H,21-24H2,1-5H3,(H,42,50)(H,43,48)(H,44,49)/t34-,37-,39-/m0/s1. The SMILES string of the molecule is CC(=O)OC[C@H](Cc1ccc(OC(C)=O)cc1)NC(=O)[C@@H](NC(=O)[C@H](Cc1ccc(OC(C)=O)cc1)NC(=O)Cc1ccc2ccccc2c1)C(C)C. The molecule has 3 atom stereocenters. The molecule has 12 nitrogen and oxygen atoms in total. The molecule has 278 valence electrons. The quantitative estimate of drug-likeness (QED) is 0.112. The highest BCUT2D eigenvalue weighted by atomic mass is 16.5. The van der Waals surface area contributed by atoms with Crippen LogP contribution in [0, 0.1) is 5.92 Å². The van der Waals surface area contributed by atoms with Crippen molar-refractivity contribution in [1.29, 1.82) is 0 Å². The monoisotopic (exact) mass is 723 g/mol. The van der Waals surface area contributed by atoms with E-state index in [0.717, 1.165) is 21.9 Å². The molecule has 3 amide bonds. The fourth-order valence-corrected chi connectivity index (χ4v) is 5.68. The molecule has 0 aromatic heterocycles. The summed E-state index contributed by atoms with van der Waals surface area (Å²) in [5, 5.41) is 10.6. The van der Waals surface area contributed by atoms with Crippen LogP contribution in [0.4, 0.5) is 0 Å². The number of rotatable bonds is 16. The minimum atomic E-state index is -1.07. The lowest BCUT2D eigenvalue weighted by Gasteiger charge is -2.27. The van der Waals surface area contributed by atoms with Gasteiger partial charge in [0.2, 0.25) is 17.7 Å². The van der Waals surface area contributed by atoms with Gasteiger partial charge in [-0.2, -0.15) is 0 Å². The van der Waals surface area contributed by atoms with E-state index in [4.69, 9.17) is 14.2 Å². The minimum absolute atomic E-state index is 0.0216. The summed E-state index contributed by atoms with van der Waals surface area (Å²) in [6.07, 6.45) is 0.378. The Bertz CT molecular complexity index is 1920. The third-order valence-corrected chi connectivity index (χ3v) is 8.20. The van der Waals surface area contributed by atoms with Crippen molar-refractivity contribution in [2.24, 2.45) is 5.92 Å². The summed E-state index contributed by atoms with van der Waals surface area (Å²) in [5.74, 6) is -2.58. The maximum atomic E-state index is 14.0. The van der Waals surface area contributed by atoms with E-state index in [2.05, 4.69) is 16.0 Å². The third-order valence-electron chi connectivity index (χ3n) is 8.20. The van der Waals surface area contributed by atoms with Crippen LogP contribution >= 0.6 is 0 Å². The van der Waals surface area contributed by atoms with E-state index in [1.165, 1.54) is 20.8 Å². The molecular formula is C41H45N3O9. The zero-order chi connectivity index (χ0) is 38.5. The number of fused-ring (bicyclic) bond motifs is 1. The van der Waals surface area contributed by atoms with Crippen molar-refractivity contribution < 1.29 is 43.0 Å². The van der Waals surface area contributed by atoms with E-state index in [9.17, 15) is 28.8 Å². The van der Waals surface area contributed by atoms with Gasteiger partial charge in [-0.15, -0.1) is 0 Å². The molecule has 4 rings (SSSR count). The van der Waals surface area contributed by atoms with Crippen LogP contribution in [-0.4, -0.2) is 60.4 Å². The van der Waals surface area contributed by atoms with Gasteiger partial charge in [-0.3, -0.25) is 28.8 Å². The van der Waals surface area contributed by atoms with Gasteiger partial charge >= 0.3 is 17.9 Å². The fraction of sp³-hybridized carbons (Fsp3) is 0.317. The van der Waals surface area contributed by atoms with E-state index in [-0.39, 0.29) is 37.7 Å². The summed E-state index contributed by atoms with van der Waals surface area (Å²) in [6.45, 7) is 7.30. The maximum Gasteiger partial charge on any atom is 0.308 e. The Morgan fingerprint density at radius 1 is 0.585 bits per heavy atom. The Morgan fingerprint density at radius 2 is 1.13 bits per heavy atom. The number of ether oxygens (including phenoxy) is 3. The van der Waals surface area contributed by atoms with Crippen LogP contribution in [0.3, 0.4) is 0 Å². The van der Waals surface area contributed by atoms with Gasteiger partial charge in [0.1, 0.15) is 30.2 Å². The second kappa shape index (κ2) is 19.0. The molecule has 4 aromatic rings. The minimum Gasteiger partial charge on any atom is -0.464 e. The van der Waals surface area contributed by atoms with Gasteiger partial charge in [-0.1, -0.05) is 80.6 Å². The number of benzene rings is 4. The predicted octanol–water partition coefficient (Wildman–Crippen LogP) is 4.39. The number of hydrogen-bond donors (Lipinski definition) is 3. The van der Waals surface area contributed by atoms with Crippen LogP contribution in [-0.2, 0) is 52.8 Å². The molecule has 3 N–H and O–H groups in total. The highest BCUT2D eigenvalue weighted by Gasteiger charge is 2.30. The summed E-state index contributed by atoms with van der Waals surface area (Å²) in [5.41, 5.74) is 2.22. The molecule has 0 unspecified atom stereocenters. The average molecular weight is 724 g/mol. The number of nitrogens with one attached hydrogen (secondary N) is 3. The van der Waals surface area contributed by atoms with Gasteiger partial charge < -0.3 is 30.2 Å². The number of esters is 3. The molecule has 0 saturated carbocycles. The van der Waals surface area contributed by atoms with Crippen molar-refractivity contribution in [2.75, 3.05) is 6.61 Å². The predicted molar refractivity (Wildman–Crippen MR) is 198 cm³/mol. The molecule has 0 aliphatic heterocycles. The summed E-state index contributed by atoms with van der Waals surface area (Å²) in [6, 6.07) is 24.1. The van der Waals surface area contributed by atoms with E-state index >= 15 is 0 Å². The lowest BCUT2D eigenvalue weighted by atomic mass is 9.99. The number of hydrogen-bond acceptors (Lipinski definition) is 9. The van der Waals surface area contributed by atoms with Crippen LogP contribution in [0.25, 0.3) is 10.8 Å². The second-order valence-electron chi connectivity index (χ2n) is 13.1. The lowest BCUT2D eigenvalue weighted by molar-refractivity contribution is -0.142. The first-order valence-corrected chi connectivity index (χ1v) is 17.3. The molecule has 53 heavy (non-hydrogen) atoms. The smallest absolute Gasteiger partial charge is 0.308 e. The molecule has 12 heteroatoms. The molecule has 4 aromatic carbocycles. The zero-order valence-electron chi connectivity index (χ0n) is 30.5. The Kier molecular flexibility index (Phi) is 14.2. The molecular weight excluding hydrogens is 678 g/mol. The largest absolute Gasteiger partial charge is 0.464 e. The van der Waals surface area contributed by atoms with Gasteiger partial charge in [0.05, 0.1) is 12.5 Å². The first kappa shape index (κ1) is 39.7. The Labute approximate surface area is 308 Å². The number of carbonyl (C=O) groups is 6. The number of carbonyl (C=O) groups excluding carboxylic acids is 6. The van der Waals surface area contributed by atoms with Crippen molar-refractivity contribution in [3.8, 4) is 11.5 Å². The third kappa shape index (κ3) is 12.9. The van der Waals surface area contributed by atoms with Crippen LogP contribution < -0.4 is 25.4 Å². The second-order valence-corrected chi connectivity index (χ2v) is 13.1. The highest BCUT2D eigenvalue weighted by Crippen LogP contribution is 2.18. The Hall–Kier alpha value is -6.04. The maximum absolute atomic E-state index is 14.0. The van der Waals surface area contributed by atoms with Crippen LogP contribution in [0.1, 0.15) is 51.3 Å². The summed E-state index contributed by atoms with van der Waals surface area (Å²) in [7, 11) is 0. The van der Waals surface area contributed by atoms with Gasteiger partial charge in [-0.25, -0.2) is 0 Å². The van der Waals surface area contributed by atoms with Gasteiger partial charge in [0, 0.05) is 27.2 Å². The molecule has 0 heterocycles. The van der Waals surface area contributed by atoms with Crippen LogP contribution in [0.15, 0.2) is 91.0 Å². The average Bonchev–Trinajstić information content (AvgIpc) is 3.10. The molecule has 0 spiro atoms. The van der Waals surface area contributed by atoms with E-state index in [1.807, 2.05) is 42.5 Å². The molecule has 0 aliphatic carbocycles. The molecule has 0 aliphatic rings. The van der Waals surface area contributed by atoms with Gasteiger partial charge in [-0.05, 0) is 64.1 Å². The first-order valence-electron chi connectivity index (χ1n) is 17.3. The van der Waals surface area contributed by atoms with Gasteiger partial charge in [0.15, 0.2) is 0 Å². The number of amides is 3. The Balaban J connectivity index is 1.51. The topological polar surface area (TPSA) is 166 Å². The van der Waals surface area contributed by atoms with Crippen molar-refractivity contribution in [3.05, 3.63) is 108 Å². The normalized spacial score (nSPS) is 12.6.